The van der Waals surface area contributed by atoms with Gasteiger partial charge in [-0.05, 0) is 43.2 Å². The number of Topliss-reactive ketones (excluding diaryl/α,β-unsaturated/α-hetero) is 1. The van der Waals surface area contributed by atoms with Crippen molar-refractivity contribution in [1.29, 1.82) is 0 Å². The minimum absolute atomic E-state index is 0.190. The number of benzene rings is 1. The highest BCUT2D eigenvalue weighted by Crippen LogP contribution is 2.38. The van der Waals surface area contributed by atoms with Gasteiger partial charge in [0.15, 0.2) is 5.76 Å². The van der Waals surface area contributed by atoms with E-state index in [1.807, 2.05) is 30.1 Å². The molecule has 2 bridgehead atoms. The Balaban J connectivity index is 1.39. The lowest BCUT2D eigenvalue weighted by Crippen LogP contribution is -2.42. The Labute approximate surface area is 190 Å². The number of carbonyl (C=O) groups is 2. The number of allylic oxidation sites excluding steroid dienone is 1. The lowest BCUT2D eigenvalue weighted by molar-refractivity contribution is -0.114. The number of aromatic nitrogens is 2. The fourth-order valence-corrected chi connectivity index (χ4v) is 5.12. The van der Waals surface area contributed by atoms with Gasteiger partial charge in [-0.15, -0.1) is 0 Å². The minimum Gasteiger partial charge on any atom is -0.452 e. The van der Waals surface area contributed by atoms with Crippen LogP contribution in [0.1, 0.15) is 35.7 Å². The second-order valence-corrected chi connectivity index (χ2v) is 8.92. The van der Waals surface area contributed by atoms with Crippen LogP contribution in [0.3, 0.4) is 0 Å². The minimum atomic E-state index is -0.205. The van der Waals surface area contributed by atoms with E-state index in [0.29, 0.717) is 17.0 Å². The summed E-state index contributed by atoms with van der Waals surface area (Å²) in [5.41, 5.74) is 3.85. The molecule has 6 rings (SSSR count). The summed E-state index contributed by atoms with van der Waals surface area (Å²) in [6.45, 7) is 3.14. The molecule has 2 unspecified atom stereocenters. The number of nitrogens with zero attached hydrogens (tertiary/aromatic N) is 3. The number of rotatable bonds is 3. The average molecular weight is 444 g/mol. The van der Waals surface area contributed by atoms with E-state index < -0.39 is 0 Å². The lowest BCUT2D eigenvalue weighted by atomic mass is 10.1. The highest BCUT2D eigenvalue weighted by Gasteiger charge is 2.35. The number of nitrogens with one attached hydrogen (secondary N) is 1. The summed E-state index contributed by atoms with van der Waals surface area (Å²) < 4.78 is 13.9. The largest absolute Gasteiger partial charge is 0.452 e. The van der Waals surface area contributed by atoms with Crippen LogP contribution in [0, 0.1) is 0 Å². The summed E-state index contributed by atoms with van der Waals surface area (Å²) in [7, 11) is 1.95. The van der Waals surface area contributed by atoms with Crippen LogP contribution in [0.4, 0.5) is 11.4 Å². The van der Waals surface area contributed by atoms with Gasteiger partial charge in [0.25, 0.3) is 0 Å². The van der Waals surface area contributed by atoms with Crippen molar-refractivity contribution >= 4 is 40.2 Å². The number of ketones is 1. The number of fused-ring (bicyclic) bond motifs is 4. The van der Waals surface area contributed by atoms with E-state index in [2.05, 4.69) is 15.2 Å². The van der Waals surface area contributed by atoms with Gasteiger partial charge in [-0.25, -0.2) is 4.98 Å². The first-order chi connectivity index (χ1) is 16.0. The third kappa shape index (κ3) is 3.38. The molecule has 33 heavy (non-hydrogen) atoms. The number of aryl methyl sites for hydroxylation is 1. The molecule has 8 nitrogen and oxygen atoms in total. The number of amides is 1. The number of ether oxygens (including phenoxy) is 2. The van der Waals surface area contributed by atoms with Crippen molar-refractivity contribution < 1.29 is 19.1 Å². The number of hydrogen-bond acceptors (Lipinski definition) is 6. The molecule has 2 atom stereocenters. The molecule has 0 saturated carbocycles. The van der Waals surface area contributed by atoms with Gasteiger partial charge >= 0.3 is 0 Å². The van der Waals surface area contributed by atoms with Crippen LogP contribution in [0.2, 0.25) is 0 Å². The summed E-state index contributed by atoms with van der Waals surface area (Å²) >= 11 is 0. The number of hydrogen-bond donors (Lipinski definition) is 1. The molecule has 8 heteroatoms. The number of pyridine rings is 1. The zero-order chi connectivity index (χ0) is 22.7. The molecule has 3 aromatic rings. The number of carbonyl (C=O) groups excluding carboxylic acids is 2. The van der Waals surface area contributed by atoms with E-state index in [0.717, 1.165) is 48.2 Å². The monoisotopic (exact) mass is 444 g/mol. The van der Waals surface area contributed by atoms with Crippen LogP contribution in [0.5, 0.6) is 5.75 Å². The van der Waals surface area contributed by atoms with Crippen molar-refractivity contribution in [2.75, 3.05) is 23.3 Å². The second kappa shape index (κ2) is 7.45. The highest BCUT2D eigenvalue weighted by molar-refractivity contribution is 6.16. The van der Waals surface area contributed by atoms with Gasteiger partial charge < -0.3 is 24.3 Å². The Bertz CT molecular complexity index is 1330. The highest BCUT2D eigenvalue weighted by atomic mass is 16.5. The fourth-order valence-electron chi connectivity index (χ4n) is 5.12. The Kier molecular flexibility index (Phi) is 4.51. The summed E-state index contributed by atoms with van der Waals surface area (Å²) in [6.07, 6.45) is 8.34. The summed E-state index contributed by atoms with van der Waals surface area (Å²) in [5.74, 6) is 0.353. The predicted octanol–water partition coefficient (Wildman–Crippen LogP) is 3.52. The van der Waals surface area contributed by atoms with Crippen LogP contribution in [0.15, 0.2) is 42.4 Å². The molecular weight excluding hydrogens is 420 g/mol. The van der Waals surface area contributed by atoms with E-state index in [4.69, 9.17) is 9.47 Å². The van der Waals surface area contributed by atoms with Crippen LogP contribution in [-0.4, -0.2) is 46.5 Å². The number of anilines is 2. The van der Waals surface area contributed by atoms with Gasteiger partial charge in [0, 0.05) is 56.1 Å². The van der Waals surface area contributed by atoms with Gasteiger partial charge in [-0.2, -0.15) is 0 Å². The summed E-state index contributed by atoms with van der Waals surface area (Å²) in [4.78, 5) is 31.5. The molecule has 0 spiro atoms. The van der Waals surface area contributed by atoms with Crippen molar-refractivity contribution in [1.82, 2.24) is 9.55 Å². The molecule has 2 fully saturated rings. The van der Waals surface area contributed by atoms with Crippen molar-refractivity contribution in [2.24, 2.45) is 7.05 Å². The molecule has 2 saturated heterocycles. The Morgan fingerprint density at radius 1 is 1.21 bits per heavy atom. The van der Waals surface area contributed by atoms with Crippen molar-refractivity contribution in [3.05, 3.63) is 53.5 Å². The first-order valence-electron chi connectivity index (χ1n) is 11.2. The molecular formula is C25H24N4O4. The Morgan fingerprint density at radius 2 is 2.00 bits per heavy atom. The molecule has 3 aliphatic rings. The average Bonchev–Trinajstić information content (AvgIpc) is 3.41. The quantitative estimate of drug-likeness (QED) is 0.623. The molecule has 3 aliphatic heterocycles. The van der Waals surface area contributed by atoms with Gasteiger partial charge in [0.05, 0.1) is 23.5 Å². The maximum atomic E-state index is 13.1. The molecule has 1 amide bonds. The summed E-state index contributed by atoms with van der Waals surface area (Å²) in [5, 5.41) is 3.71. The Morgan fingerprint density at radius 3 is 2.76 bits per heavy atom. The first-order valence-corrected chi connectivity index (χ1v) is 11.2. The van der Waals surface area contributed by atoms with Gasteiger partial charge in [-0.1, -0.05) is 0 Å². The van der Waals surface area contributed by atoms with E-state index in [-0.39, 0.29) is 29.7 Å². The fraction of sp³-hybridized carbons (Fsp3) is 0.320. The zero-order valence-electron chi connectivity index (χ0n) is 18.5. The first kappa shape index (κ1) is 20.0. The Hall–Kier alpha value is -3.65. The smallest absolute Gasteiger partial charge is 0.232 e. The van der Waals surface area contributed by atoms with Crippen molar-refractivity contribution in [3.63, 3.8) is 0 Å². The molecule has 168 valence electrons. The van der Waals surface area contributed by atoms with E-state index >= 15 is 0 Å². The van der Waals surface area contributed by atoms with E-state index in [9.17, 15) is 9.59 Å². The molecule has 1 aromatic carbocycles. The third-order valence-electron chi connectivity index (χ3n) is 6.52. The SMILES string of the molecule is CC(=O)Nc1ccc2c(c1)C(=O)C(=Cc1cn(C)c3nccc(N4CC5CCC(C4)O5)c13)O2. The van der Waals surface area contributed by atoms with Gasteiger partial charge in [0.2, 0.25) is 11.7 Å². The van der Waals surface area contributed by atoms with Crippen molar-refractivity contribution in [2.45, 2.75) is 32.0 Å². The van der Waals surface area contributed by atoms with Gasteiger partial charge in [-0.3, -0.25) is 9.59 Å². The maximum Gasteiger partial charge on any atom is 0.232 e. The van der Waals surface area contributed by atoms with Crippen molar-refractivity contribution in [3.8, 4) is 5.75 Å². The molecule has 2 aromatic heterocycles. The zero-order valence-corrected chi connectivity index (χ0v) is 18.5. The number of morpholine rings is 1. The van der Waals surface area contributed by atoms with Crippen LogP contribution < -0.4 is 15.0 Å². The van der Waals surface area contributed by atoms with E-state index in [1.54, 1.807) is 24.3 Å². The predicted molar refractivity (Wildman–Crippen MR) is 125 cm³/mol. The topological polar surface area (TPSA) is 85.7 Å². The molecule has 5 heterocycles. The van der Waals surface area contributed by atoms with Crippen LogP contribution in [0.25, 0.3) is 17.1 Å². The standard InChI is InChI=1S/C25H24N4O4/c1-14(30)27-16-3-6-21-19(10-16)24(31)22(33-21)9-15-11-28(2)25-23(15)20(7-8-26-25)29-12-17-4-5-18(13-29)32-17/h3,6-11,17-18H,4-5,12-13H2,1-2H3,(H,27,30). The molecule has 0 radical (unpaired) electrons. The molecule has 1 N–H and O–H groups in total. The second-order valence-electron chi connectivity index (χ2n) is 8.92. The van der Waals surface area contributed by atoms with E-state index in [1.165, 1.54) is 6.92 Å². The lowest BCUT2D eigenvalue weighted by Gasteiger charge is -2.34. The van der Waals surface area contributed by atoms with Gasteiger partial charge in [0.1, 0.15) is 11.4 Å². The van der Waals surface area contributed by atoms with Crippen LogP contribution in [-0.2, 0) is 16.6 Å². The molecule has 0 aliphatic carbocycles. The summed E-state index contributed by atoms with van der Waals surface area (Å²) in [6, 6.07) is 7.13. The third-order valence-corrected chi connectivity index (χ3v) is 6.52. The normalized spacial score (nSPS) is 22.7. The maximum absolute atomic E-state index is 13.1. The van der Waals surface area contributed by atoms with Crippen LogP contribution >= 0.6 is 0 Å².